The van der Waals surface area contributed by atoms with Crippen LogP contribution in [0.3, 0.4) is 0 Å². The van der Waals surface area contributed by atoms with E-state index in [0.29, 0.717) is 5.56 Å². The van der Waals surface area contributed by atoms with Crippen LogP contribution >= 0.6 is 0 Å². The summed E-state index contributed by atoms with van der Waals surface area (Å²) in [5, 5.41) is 2.68. The van der Waals surface area contributed by atoms with E-state index in [0.717, 1.165) is 0 Å². The molecule has 0 aromatic carbocycles. The number of hydrogen-bond acceptors (Lipinski definition) is 4. The molecule has 1 aromatic rings. The lowest BCUT2D eigenvalue weighted by molar-refractivity contribution is -0.141. The number of nitrogens with zero attached hydrogens (tertiary/aromatic N) is 1. The molecule has 0 aliphatic carbocycles. The minimum absolute atomic E-state index is 0.155. The maximum atomic E-state index is 11.6. The lowest BCUT2D eigenvalue weighted by atomic mass is 10.2. The van der Waals surface area contributed by atoms with Crippen LogP contribution in [0.15, 0.2) is 24.5 Å². The highest BCUT2D eigenvalue weighted by Gasteiger charge is 2.13. The summed E-state index contributed by atoms with van der Waals surface area (Å²) in [5.41, 5.74) is 0.471. The Balaban J connectivity index is 2.49. The topological polar surface area (TPSA) is 68.3 Å². The number of hydrogen-bond donors (Lipinski definition) is 1. The Kier molecular flexibility index (Phi) is 4.44. The van der Waals surface area contributed by atoms with Crippen LogP contribution in [-0.4, -0.2) is 30.0 Å². The number of ether oxygens (including phenoxy) is 1. The molecule has 0 unspecified atom stereocenters. The predicted octanol–water partition coefficient (Wildman–Crippen LogP) is 0.763. The molecular weight excluding hydrogens is 208 g/mol. The second-order valence-electron chi connectivity index (χ2n) is 3.40. The first-order chi connectivity index (χ1) is 7.63. The number of pyridine rings is 1. The van der Waals surface area contributed by atoms with E-state index in [1.807, 2.05) is 0 Å². The highest BCUT2D eigenvalue weighted by atomic mass is 16.5. The number of methoxy groups -OCH3 is 1. The Morgan fingerprint density at radius 3 is 2.88 bits per heavy atom. The lowest BCUT2D eigenvalue weighted by Crippen LogP contribution is -2.34. The maximum absolute atomic E-state index is 11.6. The van der Waals surface area contributed by atoms with Crippen molar-refractivity contribution < 1.29 is 14.3 Å². The van der Waals surface area contributed by atoms with Crippen molar-refractivity contribution in [3.05, 3.63) is 30.1 Å². The van der Waals surface area contributed by atoms with Crippen molar-refractivity contribution >= 4 is 11.9 Å². The van der Waals surface area contributed by atoms with E-state index in [1.54, 1.807) is 25.3 Å². The first-order valence-electron chi connectivity index (χ1n) is 4.91. The van der Waals surface area contributed by atoms with Crippen LogP contribution in [0.2, 0.25) is 0 Å². The van der Waals surface area contributed by atoms with Crippen LogP contribution < -0.4 is 5.32 Å². The van der Waals surface area contributed by atoms with Crippen LogP contribution in [0.4, 0.5) is 0 Å². The summed E-state index contributed by atoms with van der Waals surface area (Å²) in [6, 6.07) is 3.08. The number of carbonyl (C=O) groups is 2. The molecule has 0 spiro atoms. The number of rotatable bonds is 4. The summed E-state index contributed by atoms with van der Waals surface area (Å²) in [7, 11) is 1.32. The van der Waals surface area contributed by atoms with Crippen molar-refractivity contribution in [1.29, 1.82) is 0 Å². The minimum Gasteiger partial charge on any atom is -0.469 e. The molecule has 5 heteroatoms. The molecule has 0 aliphatic heterocycles. The smallest absolute Gasteiger partial charge is 0.307 e. The van der Waals surface area contributed by atoms with Gasteiger partial charge in [-0.15, -0.1) is 0 Å². The zero-order valence-electron chi connectivity index (χ0n) is 9.27. The van der Waals surface area contributed by atoms with E-state index in [4.69, 9.17) is 0 Å². The molecule has 1 atom stereocenters. The van der Waals surface area contributed by atoms with E-state index in [1.165, 1.54) is 13.3 Å². The zero-order chi connectivity index (χ0) is 12.0. The molecule has 0 bridgehead atoms. The van der Waals surface area contributed by atoms with E-state index < -0.39 is 0 Å². The van der Waals surface area contributed by atoms with Gasteiger partial charge in [-0.1, -0.05) is 0 Å². The summed E-state index contributed by atoms with van der Waals surface area (Å²) < 4.78 is 4.51. The minimum atomic E-state index is -0.348. The predicted molar refractivity (Wildman–Crippen MR) is 57.8 cm³/mol. The summed E-state index contributed by atoms with van der Waals surface area (Å²) >= 11 is 0. The molecule has 0 fully saturated rings. The molecule has 86 valence electrons. The van der Waals surface area contributed by atoms with Gasteiger partial charge in [0.1, 0.15) is 0 Å². The molecule has 1 amide bonds. The van der Waals surface area contributed by atoms with Crippen LogP contribution in [0.25, 0.3) is 0 Å². The maximum Gasteiger partial charge on any atom is 0.307 e. The van der Waals surface area contributed by atoms with Gasteiger partial charge in [-0.2, -0.15) is 0 Å². The fourth-order valence-corrected chi connectivity index (χ4v) is 1.19. The van der Waals surface area contributed by atoms with Crippen LogP contribution in [-0.2, 0) is 9.53 Å². The highest BCUT2D eigenvalue weighted by molar-refractivity contribution is 5.94. The Morgan fingerprint density at radius 2 is 2.31 bits per heavy atom. The third kappa shape index (κ3) is 3.68. The summed E-state index contributed by atoms with van der Waals surface area (Å²) in [4.78, 5) is 26.4. The van der Waals surface area contributed by atoms with Crippen LogP contribution in [0.1, 0.15) is 23.7 Å². The van der Waals surface area contributed by atoms with Gasteiger partial charge in [0.05, 0.1) is 19.1 Å². The molecule has 1 heterocycles. The van der Waals surface area contributed by atoms with Crippen molar-refractivity contribution in [2.75, 3.05) is 7.11 Å². The highest BCUT2D eigenvalue weighted by Crippen LogP contribution is 1.99. The van der Waals surface area contributed by atoms with Gasteiger partial charge in [0.15, 0.2) is 0 Å². The SMILES string of the molecule is COC(=O)C[C@@H](C)NC(=O)c1cccnc1. The fraction of sp³-hybridized carbons (Fsp3) is 0.364. The van der Waals surface area contributed by atoms with E-state index in [-0.39, 0.29) is 24.3 Å². The number of nitrogens with one attached hydrogen (secondary N) is 1. The lowest BCUT2D eigenvalue weighted by Gasteiger charge is -2.12. The fourth-order valence-electron chi connectivity index (χ4n) is 1.19. The summed E-state index contributed by atoms with van der Waals surface area (Å²) in [6.45, 7) is 1.74. The monoisotopic (exact) mass is 222 g/mol. The Hall–Kier alpha value is -1.91. The second-order valence-corrected chi connectivity index (χ2v) is 3.40. The zero-order valence-corrected chi connectivity index (χ0v) is 9.27. The van der Waals surface area contributed by atoms with Gasteiger partial charge in [0.2, 0.25) is 0 Å². The second kappa shape index (κ2) is 5.85. The van der Waals surface area contributed by atoms with Crippen LogP contribution in [0.5, 0.6) is 0 Å². The van der Waals surface area contributed by atoms with E-state index in [9.17, 15) is 9.59 Å². The van der Waals surface area contributed by atoms with Gasteiger partial charge in [0, 0.05) is 18.4 Å². The van der Waals surface area contributed by atoms with Crippen molar-refractivity contribution in [3.8, 4) is 0 Å². The quantitative estimate of drug-likeness (QED) is 0.764. The van der Waals surface area contributed by atoms with Gasteiger partial charge in [0.25, 0.3) is 5.91 Å². The largest absolute Gasteiger partial charge is 0.469 e. The van der Waals surface area contributed by atoms with Crippen molar-refractivity contribution in [2.24, 2.45) is 0 Å². The summed E-state index contributed by atoms with van der Waals surface area (Å²) in [6.07, 6.45) is 3.22. The average molecular weight is 222 g/mol. The molecule has 1 rings (SSSR count). The third-order valence-corrected chi connectivity index (χ3v) is 2.00. The van der Waals surface area contributed by atoms with E-state index >= 15 is 0 Å². The first kappa shape index (κ1) is 12.2. The van der Waals surface area contributed by atoms with Crippen molar-refractivity contribution in [3.63, 3.8) is 0 Å². The third-order valence-electron chi connectivity index (χ3n) is 2.00. The Morgan fingerprint density at radius 1 is 1.56 bits per heavy atom. The molecule has 0 saturated heterocycles. The Bertz CT molecular complexity index is 365. The number of amides is 1. The van der Waals surface area contributed by atoms with Gasteiger partial charge >= 0.3 is 5.97 Å². The standard InChI is InChI=1S/C11H14N2O3/c1-8(6-10(14)16-2)13-11(15)9-4-3-5-12-7-9/h3-5,7-8H,6H2,1-2H3,(H,13,15)/t8-/m1/s1. The van der Waals surface area contributed by atoms with Crippen LogP contribution in [0, 0.1) is 0 Å². The molecule has 0 radical (unpaired) electrons. The first-order valence-corrected chi connectivity index (χ1v) is 4.91. The van der Waals surface area contributed by atoms with Crippen molar-refractivity contribution in [1.82, 2.24) is 10.3 Å². The molecule has 1 aromatic heterocycles. The van der Waals surface area contributed by atoms with Gasteiger partial charge < -0.3 is 10.1 Å². The van der Waals surface area contributed by atoms with Gasteiger partial charge in [-0.3, -0.25) is 14.6 Å². The van der Waals surface area contributed by atoms with Gasteiger partial charge in [-0.05, 0) is 19.1 Å². The molecule has 5 nitrogen and oxygen atoms in total. The summed E-state index contributed by atoms with van der Waals surface area (Å²) in [5.74, 6) is -0.594. The number of esters is 1. The normalized spacial score (nSPS) is 11.6. The molecular formula is C11H14N2O3. The number of carbonyl (C=O) groups excluding carboxylic acids is 2. The van der Waals surface area contributed by atoms with Crippen molar-refractivity contribution in [2.45, 2.75) is 19.4 Å². The number of aromatic nitrogens is 1. The average Bonchev–Trinajstić information content (AvgIpc) is 2.29. The molecule has 0 saturated carbocycles. The Labute approximate surface area is 93.8 Å². The van der Waals surface area contributed by atoms with Gasteiger partial charge in [-0.25, -0.2) is 0 Å². The van der Waals surface area contributed by atoms with E-state index in [2.05, 4.69) is 15.0 Å². The molecule has 16 heavy (non-hydrogen) atoms. The molecule has 0 aliphatic rings. The molecule has 1 N–H and O–H groups in total.